The third kappa shape index (κ3) is 3.26. The lowest BCUT2D eigenvalue weighted by Gasteiger charge is -2.29. The van der Waals surface area contributed by atoms with Gasteiger partial charge < -0.3 is 4.74 Å². The molecule has 5 rings (SSSR count). The van der Waals surface area contributed by atoms with Crippen molar-refractivity contribution in [3.05, 3.63) is 105 Å². The molecule has 0 spiro atoms. The van der Waals surface area contributed by atoms with E-state index >= 15 is 0 Å². The fourth-order valence-electron chi connectivity index (χ4n) is 5.03. The Kier molecular flexibility index (Phi) is 5.30. The summed E-state index contributed by atoms with van der Waals surface area (Å²) in [5.74, 6) is -0.149. The molecule has 2 nitrogen and oxygen atoms in total. The van der Waals surface area contributed by atoms with E-state index in [0.29, 0.717) is 6.61 Å². The minimum absolute atomic E-state index is 0.149. The molecule has 0 bridgehead atoms. The monoisotopic (exact) mass is 518 g/mol. The van der Waals surface area contributed by atoms with Crippen LogP contribution in [0.3, 0.4) is 0 Å². The van der Waals surface area contributed by atoms with E-state index in [0.717, 1.165) is 32.9 Å². The Morgan fingerprint density at radius 3 is 2.42 bits per heavy atom. The summed E-state index contributed by atoms with van der Waals surface area (Å²) in [6.45, 7) is 2.25. The van der Waals surface area contributed by atoms with Crippen molar-refractivity contribution in [1.29, 1.82) is 0 Å². The van der Waals surface area contributed by atoms with Crippen molar-refractivity contribution in [3.63, 3.8) is 0 Å². The molecule has 154 valence electrons. The average Bonchev–Trinajstić information content (AvgIpc) is 3.18. The van der Waals surface area contributed by atoms with Crippen LogP contribution >= 0.6 is 22.6 Å². The summed E-state index contributed by atoms with van der Waals surface area (Å²) in [6.07, 6.45) is 1.56. The maximum atomic E-state index is 13.6. The highest BCUT2D eigenvalue weighted by Gasteiger charge is 2.49. The van der Waals surface area contributed by atoms with Crippen molar-refractivity contribution < 1.29 is 9.53 Å². The molecule has 0 radical (unpaired) electrons. The van der Waals surface area contributed by atoms with Gasteiger partial charge in [0.15, 0.2) is 0 Å². The standard InChI is InChI=1S/C28H23IO2/c1-2-31-27(30)28(21-12-14-22(29)15-13-21)17-16-24-25(28)18-20-10-6-7-11-23(20)26(24)19-8-4-3-5-9-19/h3-15,18H,2,16-17H2,1H3. The first-order chi connectivity index (χ1) is 15.1. The third-order valence-electron chi connectivity index (χ3n) is 6.39. The Bertz CT molecular complexity index is 1260. The Hall–Kier alpha value is -2.66. The fraction of sp³-hybridized carbons (Fsp3) is 0.179. The Morgan fingerprint density at radius 2 is 1.68 bits per heavy atom. The van der Waals surface area contributed by atoms with Crippen molar-refractivity contribution in [2.75, 3.05) is 6.61 Å². The maximum absolute atomic E-state index is 13.6. The molecule has 31 heavy (non-hydrogen) atoms. The highest BCUT2D eigenvalue weighted by Crippen LogP contribution is 2.50. The largest absolute Gasteiger partial charge is 0.465 e. The van der Waals surface area contributed by atoms with Gasteiger partial charge in [-0.05, 0) is 99.1 Å². The number of esters is 1. The van der Waals surface area contributed by atoms with E-state index in [1.807, 2.05) is 13.0 Å². The molecule has 4 aromatic carbocycles. The Balaban J connectivity index is 1.85. The topological polar surface area (TPSA) is 26.3 Å². The van der Waals surface area contributed by atoms with Crippen LogP contribution in [0.2, 0.25) is 0 Å². The van der Waals surface area contributed by atoms with Crippen molar-refractivity contribution >= 4 is 39.3 Å². The second-order valence-electron chi connectivity index (χ2n) is 8.00. The van der Waals surface area contributed by atoms with Gasteiger partial charge in [-0.15, -0.1) is 0 Å². The first-order valence-corrected chi connectivity index (χ1v) is 11.8. The number of hydrogen-bond acceptors (Lipinski definition) is 2. The second-order valence-corrected chi connectivity index (χ2v) is 9.24. The van der Waals surface area contributed by atoms with Crippen LogP contribution in [0.25, 0.3) is 21.9 Å². The number of rotatable bonds is 4. The van der Waals surface area contributed by atoms with Crippen molar-refractivity contribution in [2.45, 2.75) is 25.2 Å². The summed E-state index contributed by atoms with van der Waals surface area (Å²) >= 11 is 2.31. The first-order valence-electron chi connectivity index (χ1n) is 10.7. The zero-order valence-electron chi connectivity index (χ0n) is 17.4. The van der Waals surface area contributed by atoms with Crippen LogP contribution in [0.15, 0.2) is 84.9 Å². The Labute approximate surface area is 196 Å². The minimum atomic E-state index is -0.775. The fourth-order valence-corrected chi connectivity index (χ4v) is 5.39. The number of hydrogen-bond donors (Lipinski definition) is 0. The van der Waals surface area contributed by atoms with Crippen LogP contribution in [0, 0.1) is 3.57 Å². The van der Waals surface area contributed by atoms with Gasteiger partial charge in [0.25, 0.3) is 0 Å². The van der Waals surface area contributed by atoms with E-state index in [4.69, 9.17) is 4.74 Å². The summed E-state index contributed by atoms with van der Waals surface area (Å²) in [4.78, 5) is 13.6. The van der Waals surface area contributed by atoms with Crippen LogP contribution in [0.5, 0.6) is 0 Å². The van der Waals surface area contributed by atoms with Gasteiger partial charge >= 0.3 is 5.97 Å². The molecule has 0 amide bonds. The number of fused-ring (bicyclic) bond motifs is 2. The molecule has 1 aliphatic carbocycles. The van der Waals surface area contributed by atoms with Gasteiger partial charge in [0.2, 0.25) is 0 Å². The summed E-state index contributed by atoms with van der Waals surface area (Å²) in [5.41, 5.74) is 5.02. The lowest BCUT2D eigenvalue weighted by atomic mass is 9.74. The van der Waals surface area contributed by atoms with Crippen LogP contribution in [-0.4, -0.2) is 12.6 Å². The van der Waals surface area contributed by atoms with Crippen molar-refractivity contribution in [1.82, 2.24) is 0 Å². The van der Waals surface area contributed by atoms with E-state index < -0.39 is 5.41 Å². The third-order valence-corrected chi connectivity index (χ3v) is 7.11. The Morgan fingerprint density at radius 1 is 0.968 bits per heavy atom. The lowest BCUT2D eigenvalue weighted by Crippen LogP contribution is -2.36. The zero-order chi connectivity index (χ0) is 21.4. The highest BCUT2D eigenvalue weighted by atomic mass is 127. The normalized spacial score (nSPS) is 17.5. The lowest BCUT2D eigenvalue weighted by molar-refractivity contribution is -0.148. The first kappa shape index (κ1) is 20.3. The molecule has 1 unspecified atom stereocenters. The zero-order valence-corrected chi connectivity index (χ0v) is 19.6. The number of ether oxygens (including phenoxy) is 1. The minimum Gasteiger partial charge on any atom is -0.465 e. The smallest absolute Gasteiger partial charge is 0.321 e. The maximum Gasteiger partial charge on any atom is 0.321 e. The number of carbonyl (C=O) groups excluding carboxylic acids is 1. The second kappa shape index (κ2) is 8.12. The van der Waals surface area contributed by atoms with Gasteiger partial charge in [0.1, 0.15) is 5.41 Å². The molecule has 0 aliphatic heterocycles. The number of benzene rings is 4. The van der Waals surface area contributed by atoms with Crippen LogP contribution in [-0.2, 0) is 21.4 Å². The SMILES string of the molecule is CCOC(=O)C1(c2ccc(I)cc2)CCc2c1cc1ccccc1c2-c1ccccc1. The van der Waals surface area contributed by atoms with E-state index in [1.54, 1.807) is 0 Å². The van der Waals surface area contributed by atoms with Gasteiger partial charge in [0.05, 0.1) is 6.61 Å². The summed E-state index contributed by atoms with van der Waals surface area (Å²) in [6, 6.07) is 29.6. The van der Waals surface area contributed by atoms with Gasteiger partial charge in [-0.1, -0.05) is 66.7 Å². The molecule has 1 aliphatic rings. The van der Waals surface area contributed by atoms with Crippen LogP contribution < -0.4 is 0 Å². The number of carbonyl (C=O) groups is 1. The number of halogens is 1. The van der Waals surface area contributed by atoms with E-state index in [9.17, 15) is 4.79 Å². The van der Waals surface area contributed by atoms with E-state index in [1.165, 1.54) is 22.1 Å². The van der Waals surface area contributed by atoms with E-state index in [2.05, 4.69) is 101 Å². The molecule has 4 aromatic rings. The summed E-state index contributed by atoms with van der Waals surface area (Å²) in [7, 11) is 0. The molecule has 0 aromatic heterocycles. The van der Waals surface area contributed by atoms with Gasteiger partial charge in [0, 0.05) is 3.57 Å². The molecule has 3 heteroatoms. The quantitative estimate of drug-likeness (QED) is 0.217. The van der Waals surface area contributed by atoms with Crippen LogP contribution in [0.1, 0.15) is 30.0 Å². The molecule has 0 heterocycles. The molecule has 0 saturated carbocycles. The highest BCUT2D eigenvalue weighted by molar-refractivity contribution is 14.1. The molecular weight excluding hydrogens is 495 g/mol. The van der Waals surface area contributed by atoms with Crippen molar-refractivity contribution in [3.8, 4) is 11.1 Å². The van der Waals surface area contributed by atoms with Gasteiger partial charge in [-0.3, -0.25) is 4.79 Å². The van der Waals surface area contributed by atoms with Crippen LogP contribution in [0.4, 0.5) is 0 Å². The van der Waals surface area contributed by atoms with Gasteiger partial charge in [-0.25, -0.2) is 0 Å². The van der Waals surface area contributed by atoms with Gasteiger partial charge in [-0.2, -0.15) is 0 Å². The average molecular weight is 518 g/mol. The molecule has 0 saturated heterocycles. The molecule has 0 fully saturated rings. The molecule has 0 N–H and O–H groups in total. The van der Waals surface area contributed by atoms with Crippen molar-refractivity contribution in [2.24, 2.45) is 0 Å². The summed E-state index contributed by atoms with van der Waals surface area (Å²) < 4.78 is 6.84. The predicted octanol–water partition coefficient (Wildman–Crippen LogP) is 6.91. The molecule has 1 atom stereocenters. The summed E-state index contributed by atoms with van der Waals surface area (Å²) in [5, 5.41) is 2.39. The predicted molar refractivity (Wildman–Crippen MR) is 134 cm³/mol. The molecular formula is C28H23IO2. The van der Waals surface area contributed by atoms with E-state index in [-0.39, 0.29) is 5.97 Å².